The molecule has 22 heavy (non-hydrogen) atoms. The largest absolute Gasteiger partial charge is 0.0692 e. The molecule has 0 amide bonds. The Morgan fingerprint density at radius 1 is 0.591 bits per heavy atom. The summed E-state index contributed by atoms with van der Waals surface area (Å²) in [5.41, 5.74) is 2.30. The molecule has 1 rings (SSSR count). The predicted octanol–water partition coefficient (Wildman–Crippen LogP) is 8.10. The fourth-order valence-corrected chi connectivity index (χ4v) is 17.9. The summed E-state index contributed by atoms with van der Waals surface area (Å²) in [4.78, 5) is 0. The Hall–Kier alpha value is 0.434. The van der Waals surface area contributed by atoms with Crippen LogP contribution in [0.25, 0.3) is 0 Å². The van der Waals surface area contributed by atoms with Gasteiger partial charge in [0.2, 0.25) is 0 Å². The minimum absolute atomic E-state index is 0.966. The molecule has 0 saturated carbocycles. The normalized spacial score (nSPS) is 27.0. The maximum absolute atomic E-state index is 2.72. The Kier molecular flexibility index (Phi) is 8.99. The van der Waals surface area contributed by atoms with Gasteiger partial charge in [0.05, 0.1) is 16.1 Å². The Morgan fingerprint density at radius 3 is 1.27 bits per heavy atom. The third-order valence-corrected chi connectivity index (χ3v) is 15.9. The lowest BCUT2D eigenvalue weighted by molar-refractivity contribution is 0.580. The average Bonchev–Trinajstić information content (AvgIpc) is 2.44. The third kappa shape index (κ3) is 6.51. The topological polar surface area (TPSA) is 0 Å². The van der Waals surface area contributed by atoms with E-state index in [1.54, 1.807) is 24.9 Å². The first-order valence-corrected chi connectivity index (χ1v) is 16.9. The average molecular weight is 341 g/mol. The molecule has 0 aromatic heterocycles. The SMILES string of the molecule is CCCCCCC1C[Si](C)(C)C(CCCCCC)C[Si]1(C)C. The number of hydrogen-bond donors (Lipinski definition) is 0. The van der Waals surface area contributed by atoms with Gasteiger partial charge in [-0.05, 0) is 11.1 Å². The summed E-state index contributed by atoms with van der Waals surface area (Å²) in [5, 5.41) is 0. The Bertz CT molecular complexity index is 266. The summed E-state index contributed by atoms with van der Waals surface area (Å²) in [6.07, 6.45) is 14.8. The van der Waals surface area contributed by atoms with Crippen LogP contribution < -0.4 is 0 Å². The molecule has 2 heteroatoms. The Morgan fingerprint density at radius 2 is 0.955 bits per heavy atom. The van der Waals surface area contributed by atoms with Gasteiger partial charge in [0.1, 0.15) is 0 Å². The third-order valence-electron chi connectivity index (χ3n) is 6.57. The number of hydrogen-bond acceptors (Lipinski definition) is 0. The van der Waals surface area contributed by atoms with Crippen molar-refractivity contribution in [1.29, 1.82) is 0 Å². The molecule has 1 aliphatic rings. The van der Waals surface area contributed by atoms with Crippen molar-refractivity contribution >= 4 is 16.1 Å². The molecule has 0 radical (unpaired) electrons. The minimum Gasteiger partial charge on any atom is -0.0692 e. The molecule has 1 aliphatic heterocycles. The van der Waals surface area contributed by atoms with Crippen LogP contribution in [0.2, 0.25) is 49.4 Å². The Labute approximate surface area is 143 Å². The highest BCUT2D eigenvalue weighted by Gasteiger charge is 2.46. The van der Waals surface area contributed by atoms with E-state index < -0.39 is 16.1 Å². The summed E-state index contributed by atoms with van der Waals surface area (Å²) in [7, 11) is -1.93. The van der Waals surface area contributed by atoms with E-state index in [9.17, 15) is 0 Å². The maximum Gasteiger partial charge on any atom is 0.0502 e. The molecule has 0 aromatic carbocycles. The molecule has 0 aromatic rings. The fourth-order valence-electron chi connectivity index (χ4n) is 4.78. The van der Waals surface area contributed by atoms with E-state index in [0.717, 1.165) is 11.1 Å². The van der Waals surface area contributed by atoms with Gasteiger partial charge in [0.15, 0.2) is 0 Å². The zero-order valence-corrected chi connectivity index (χ0v) is 18.6. The van der Waals surface area contributed by atoms with Gasteiger partial charge in [0, 0.05) is 0 Å². The first kappa shape index (κ1) is 20.5. The van der Waals surface area contributed by atoms with Crippen molar-refractivity contribution in [3.8, 4) is 0 Å². The number of unbranched alkanes of at least 4 members (excludes halogenated alkanes) is 6. The van der Waals surface area contributed by atoms with E-state index in [1.165, 1.54) is 51.4 Å². The molecule has 1 heterocycles. The molecule has 0 spiro atoms. The molecular weight excluding hydrogens is 296 g/mol. The van der Waals surface area contributed by atoms with Crippen molar-refractivity contribution < 1.29 is 0 Å². The van der Waals surface area contributed by atoms with Gasteiger partial charge in [-0.15, -0.1) is 0 Å². The highest BCUT2D eigenvalue weighted by molar-refractivity contribution is 6.89. The summed E-state index contributed by atoms with van der Waals surface area (Å²) < 4.78 is 0. The summed E-state index contributed by atoms with van der Waals surface area (Å²) >= 11 is 0. The molecule has 0 bridgehead atoms. The lowest BCUT2D eigenvalue weighted by Crippen LogP contribution is -2.49. The van der Waals surface area contributed by atoms with Crippen LogP contribution in [-0.4, -0.2) is 16.1 Å². The van der Waals surface area contributed by atoms with E-state index in [2.05, 4.69) is 40.0 Å². The van der Waals surface area contributed by atoms with Crippen molar-refractivity contribution in [3.05, 3.63) is 0 Å². The van der Waals surface area contributed by atoms with Gasteiger partial charge in [0.25, 0.3) is 0 Å². The second kappa shape index (κ2) is 9.66. The van der Waals surface area contributed by atoms with Crippen LogP contribution >= 0.6 is 0 Å². The lowest BCUT2D eigenvalue weighted by Gasteiger charge is -2.49. The van der Waals surface area contributed by atoms with Crippen LogP contribution in [0.1, 0.15) is 78.1 Å². The van der Waals surface area contributed by atoms with E-state index in [0.29, 0.717) is 0 Å². The van der Waals surface area contributed by atoms with Crippen molar-refractivity contribution in [2.24, 2.45) is 0 Å². The van der Waals surface area contributed by atoms with Gasteiger partial charge in [-0.25, -0.2) is 0 Å². The first-order chi connectivity index (χ1) is 10.3. The van der Waals surface area contributed by atoms with E-state index in [-0.39, 0.29) is 0 Å². The van der Waals surface area contributed by atoms with Crippen molar-refractivity contribution in [2.45, 2.75) is 127 Å². The molecular formula is C20H44Si2. The fraction of sp³-hybridized carbons (Fsp3) is 1.00. The minimum atomic E-state index is -0.966. The zero-order valence-electron chi connectivity index (χ0n) is 16.6. The van der Waals surface area contributed by atoms with Gasteiger partial charge < -0.3 is 0 Å². The number of rotatable bonds is 10. The molecule has 0 nitrogen and oxygen atoms in total. The zero-order chi connectivity index (χ0) is 16.6. The lowest BCUT2D eigenvalue weighted by atomic mass is 10.1. The van der Waals surface area contributed by atoms with Gasteiger partial charge in [-0.2, -0.15) is 0 Å². The predicted molar refractivity (Wildman–Crippen MR) is 110 cm³/mol. The van der Waals surface area contributed by atoms with Crippen LogP contribution in [0.5, 0.6) is 0 Å². The highest BCUT2D eigenvalue weighted by atomic mass is 28.3. The van der Waals surface area contributed by atoms with E-state index in [1.807, 2.05) is 0 Å². The second-order valence-corrected chi connectivity index (χ2v) is 19.9. The smallest absolute Gasteiger partial charge is 0.0502 e. The van der Waals surface area contributed by atoms with Crippen molar-refractivity contribution in [2.75, 3.05) is 0 Å². The van der Waals surface area contributed by atoms with Gasteiger partial charge >= 0.3 is 0 Å². The molecule has 0 aliphatic carbocycles. The van der Waals surface area contributed by atoms with E-state index in [4.69, 9.17) is 0 Å². The molecule has 1 fully saturated rings. The summed E-state index contributed by atoms with van der Waals surface area (Å²) in [6.45, 7) is 15.6. The van der Waals surface area contributed by atoms with Gasteiger partial charge in [-0.3, -0.25) is 0 Å². The van der Waals surface area contributed by atoms with Crippen LogP contribution in [0.3, 0.4) is 0 Å². The molecule has 2 unspecified atom stereocenters. The highest BCUT2D eigenvalue weighted by Crippen LogP contribution is 2.52. The molecule has 0 N–H and O–H groups in total. The monoisotopic (exact) mass is 340 g/mol. The van der Waals surface area contributed by atoms with E-state index >= 15 is 0 Å². The van der Waals surface area contributed by atoms with Crippen LogP contribution in [0.4, 0.5) is 0 Å². The molecule has 2 atom stereocenters. The van der Waals surface area contributed by atoms with Crippen LogP contribution in [0.15, 0.2) is 0 Å². The molecule has 132 valence electrons. The van der Waals surface area contributed by atoms with Gasteiger partial charge in [-0.1, -0.05) is 116 Å². The second-order valence-electron chi connectivity index (χ2n) is 9.48. The maximum atomic E-state index is 2.72. The first-order valence-electron chi connectivity index (χ1n) is 10.3. The molecule has 1 saturated heterocycles. The summed E-state index contributed by atoms with van der Waals surface area (Å²) in [6, 6.07) is 3.33. The van der Waals surface area contributed by atoms with Crippen LogP contribution in [-0.2, 0) is 0 Å². The van der Waals surface area contributed by atoms with Crippen molar-refractivity contribution in [3.63, 3.8) is 0 Å². The van der Waals surface area contributed by atoms with Crippen molar-refractivity contribution in [1.82, 2.24) is 0 Å². The Balaban J connectivity index is 2.51. The van der Waals surface area contributed by atoms with Crippen LogP contribution in [0, 0.1) is 0 Å². The quantitative estimate of drug-likeness (QED) is 0.278. The standard InChI is InChI=1S/C20H44Si2/c1-7-9-11-13-15-19-17-22(5,6)20(18-21(19,3)4)16-14-12-10-8-2/h19-20H,7-18H2,1-6H3. The summed E-state index contributed by atoms with van der Waals surface area (Å²) in [5.74, 6) is 0.